The van der Waals surface area contributed by atoms with Gasteiger partial charge >= 0.3 is 0 Å². The van der Waals surface area contributed by atoms with Gasteiger partial charge in [-0.2, -0.15) is 4.31 Å². The molecule has 0 aliphatic carbocycles. The zero-order valence-corrected chi connectivity index (χ0v) is 15.5. The van der Waals surface area contributed by atoms with Crippen LogP contribution < -0.4 is 9.64 Å². The number of sulfonamides is 1. The standard InChI is InChI=1S/C17H21FN4O3S/c1-21(2)16-17(20-10-9-19-16)25-13-6-5-11-22(12-13)26(23,24)15-8-4-3-7-14(15)18/h3-4,7-10,13H,5-6,11-12H2,1-2H3. The summed E-state index contributed by atoms with van der Waals surface area (Å²) in [5.41, 5.74) is 0. The minimum atomic E-state index is -3.91. The molecule has 9 heteroatoms. The third-order valence-electron chi connectivity index (χ3n) is 4.14. The van der Waals surface area contributed by atoms with E-state index in [1.807, 2.05) is 14.1 Å². The number of anilines is 1. The molecule has 1 fully saturated rings. The topological polar surface area (TPSA) is 75.6 Å². The highest BCUT2D eigenvalue weighted by atomic mass is 32.2. The molecule has 2 heterocycles. The van der Waals surface area contributed by atoms with Gasteiger partial charge in [-0.15, -0.1) is 0 Å². The van der Waals surface area contributed by atoms with Crippen LogP contribution in [0.25, 0.3) is 0 Å². The van der Waals surface area contributed by atoms with Gasteiger partial charge in [-0.3, -0.25) is 0 Å². The number of ether oxygens (including phenoxy) is 1. The van der Waals surface area contributed by atoms with Crippen molar-refractivity contribution in [3.05, 3.63) is 42.5 Å². The third kappa shape index (κ3) is 3.78. The Bertz CT molecular complexity index is 876. The Labute approximate surface area is 152 Å². The van der Waals surface area contributed by atoms with E-state index in [0.29, 0.717) is 31.1 Å². The number of piperidine rings is 1. The minimum Gasteiger partial charge on any atom is -0.470 e. The monoisotopic (exact) mass is 380 g/mol. The Balaban J connectivity index is 1.79. The molecule has 1 unspecified atom stereocenters. The zero-order valence-electron chi connectivity index (χ0n) is 14.7. The van der Waals surface area contributed by atoms with Crippen LogP contribution in [0.5, 0.6) is 5.88 Å². The van der Waals surface area contributed by atoms with E-state index >= 15 is 0 Å². The van der Waals surface area contributed by atoms with Crippen molar-refractivity contribution in [2.45, 2.75) is 23.8 Å². The Morgan fingerprint density at radius 1 is 1.23 bits per heavy atom. The fourth-order valence-electron chi connectivity index (χ4n) is 2.88. The molecule has 0 saturated carbocycles. The molecule has 0 amide bonds. The van der Waals surface area contributed by atoms with Crippen molar-refractivity contribution in [1.29, 1.82) is 0 Å². The molecule has 0 N–H and O–H groups in total. The first-order chi connectivity index (χ1) is 12.4. The number of hydrogen-bond donors (Lipinski definition) is 0. The number of rotatable bonds is 5. The lowest BCUT2D eigenvalue weighted by atomic mass is 10.1. The molecular formula is C17H21FN4O3S. The van der Waals surface area contributed by atoms with Gasteiger partial charge in [-0.1, -0.05) is 12.1 Å². The second kappa shape index (κ2) is 7.55. The summed E-state index contributed by atoms with van der Waals surface area (Å²) >= 11 is 0. The van der Waals surface area contributed by atoms with Crippen molar-refractivity contribution < 1.29 is 17.5 Å². The maximum absolute atomic E-state index is 14.0. The van der Waals surface area contributed by atoms with Crippen molar-refractivity contribution in [1.82, 2.24) is 14.3 Å². The van der Waals surface area contributed by atoms with E-state index in [9.17, 15) is 12.8 Å². The van der Waals surface area contributed by atoms with Gasteiger partial charge in [0.05, 0.1) is 6.54 Å². The lowest BCUT2D eigenvalue weighted by Gasteiger charge is -2.32. The summed E-state index contributed by atoms with van der Waals surface area (Å²) in [6.07, 6.45) is 4.03. The van der Waals surface area contributed by atoms with Crippen molar-refractivity contribution >= 4 is 15.8 Å². The molecule has 26 heavy (non-hydrogen) atoms. The molecule has 1 aliphatic heterocycles. The molecule has 1 aliphatic rings. The van der Waals surface area contributed by atoms with Gasteiger partial charge in [-0.25, -0.2) is 22.8 Å². The first-order valence-electron chi connectivity index (χ1n) is 8.29. The summed E-state index contributed by atoms with van der Waals surface area (Å²) < 4.78 is 46.7. The van der Waals surface area contributed by atoms with Gasteiger partial charge in [0.15, 0.2) is 5.82 Å². The van der Waals surface area contributed by atoms with Crippen LogP contribution in [0.3, 0.4) is 0 Å². The molecule has 1 saturated heterocycles. The predicted molar refractivity (Wildman–Crippen MR) is 95.2 cm³/mol. The lowest BCUT2D eigenvalue weighted by molar-refractivity contribution is 0.124. The quantitative estimate of drug-likeness (QED) is 0.789. The molecule has 1 aromatic carbocycles. The highest BCUT2D eigenvalue weighted by molar-refractivity contribution is 7.89. The number of aromatic nitrogens is 2. The largest absolute Gasteiger partial charge is 0.470 e. The average Bonchev–Trinajstić information content (AvgIpc) is 2.62. The zero-order chi connectivity index (χ0) is 18.7. The summed E-state index contributed by atoms with van der Waals surface area (Å²) in [4.78, 5) is 9.89. The molecule has 0 bridgehead atoms. The normalized spacial score (nSPS) is 18.5. The smallest absolute Gasteiger partial charge is 0.257 e. The number of benzene rings is 1. The van der Waals surface area contributed by atoms with Crippen molar-refractivity contribution in [3.63, 3.8) is 0 Å². The highest BCUT2D eigenvalue weighted by Gasteiger charge is 2.33. The Kier molecular flexibility index (Phi) is 5.38. The molecule has 2 aromatic rings. The molecule has 0 radical (unpaired) electrons. The molecule has 7 nitrogen and oxygen atoms in total. The Hall–Kier alpha value is -2.26. The van der Waals surface area contributed by atoms with E-state index in [2.05, 4.69) is 9.97 Å². The van der Waals surface area contributed by atoms with E-state index in [-0.39, 0.29) is 17.5 Å². The van der Waals surface area contributed by atoms with Crippen LogP contribution in [0, 0.1) is 5.82 Å². The van der Waals surface area contributed by atoms with Crippen molar-refractivity contribution in [2.24, 2.45) is 0 Å². The highest BCUT2D eigenvalue weighted by Crippen LogP contribution is 2.27. The first-order valence-corrected chi connectivity index (χ1v) is 9.73. The number of nitrogens with zero attached hydrogens (tertiary/aromatic N) is 4. The van der Waals surface area contributed by atoms with Gasteiger partial charge in [-0.05, 0) is 25.0 Å². The Morgan fingerprint density at radius 3 is 2.69 bits per heavy atom. The van der Waals surface area contributed by atoms with E-state index < -0.39 is 15.8 Å². The average molecular weight is 380 g/mol. The summed E-state index contributed by atoms with van der Waals surface area (Å²) in [7, 11) is -0.260. The number of hydrogen-bond acceptors (Lipinski definition) is 6. The van der Waals surface area contributed by atoms with Crippen LogP contribution in [0.4, 0.5) is 10.2 Å². The van der Waals surface area contributed by atoms with Crippen LogP contribution >= 0.6 is 0 Å². The van der Waals surface area contributed by atoms with Gasteiger partial charge in [0, 0.05) is 33.0 Å². The van der Waals surface area contributed by atoms with Crippen molar-refractivity contribution in [3.8, 4) is 5.88 Å². The van der Waals surface area contributed by atoms with Gasteiger partial charge in [0.2, 0.25) is 10.0 Å². The lowest BCUT2D eigenvalue weighted by Crippen LogP contribution is -2.44. The molecular weight excluding hydrogens is 359 g/mol. The maximum atomic E-state index is 14.0. The Morgan fingerprint density at radius 2 is 1.96 bits per heavy atom. The molecule has 0 spiro atoms. The third-order valence-corrected chi connectivity index (χ3v) is 6.04. The summed E-state index contributed by atoms with van der Waals surface area (Å²) in [5.74, 6) is 0.175. The van der Waals surface area contributed by atoms with Crippen LogP contribution in [0.1, 0.15) is 12.8 Å². The van der Waals surface area contributed by atoms with E-state index in [4.69, 9.17) is 4.74 Å². The molecule has 140 valence electrons. The SMILES string of the molecule is CN(C)c1nccnc1OC1CCCN(S(=O)(=O)c2ccccc2F)C1. The second-order valence-corrected chi connectivity index (χ2v) is 8.16. The van der Waals surface area contributed by atoms with E-state index in [0.717, 1.165) is 6.07 Å². The predicted octanol–water partition coefficient (Wildman–Crippen LogP) is 1.91. The molecule has 3 rings (SSSR count). The fraction of sp³-hybridized carbons (Fsp3) is 0.412. The number of halogens is 1. The van der Waals surface area contributed by atoms with E-state index in [1.54, 1.807) is 11.1 Å². The molecule has 1 atom stereocenters. The molecule has 1 aromatic heterocycles. The van der Waals surface area contributed by atoms with Crippen LogP contribution in [0.15, 0.2) is 41.6 Å². The van der Waals surface area contributed by atoms with Crippen molar-refractivity contribution in [2.75, 3.05) is 32.1 Å². The van der Waals surface area contributed by atoms with Gasteiger partial charge < -0.3 is 9.64 Å². The van der Waals surface area contributed by atoms with E-state index in [1.165, 1.54) is 28.7 Å². The van der Waals surface area contributed by atoms with Crippen LogP contribution in [-0.2, 0) is 10.0 Å². The fourth-order valence-corrected chi connectivity index (χ4v) is 4.45. The van der Waals surface area contributed by atoms with Gasteiger partial charge in [0.25, 0.3) is 5.88 Å². The van der Waals surface area contributed by atoms with Crippen LogP contribution in [0.2, 0.25) is 0 Å². The van der Waals surface area contributed by atoms with Crippen LogP contribution in [-0.4, -0.2) is 56.0 Å². The maximum Gasteiger partial charge on any atom is 0.257 e. The second-order valence-electron chi connectivity index (χ2n) is 6.26. The van der Waals surface area contributed by atoms with Gasteiger partial charge in [0.1, 0.15) is 16.8 Å². The minimum absolute atomic E-state index is 0.139. The summed E-state index contributed by atoms with van der Waals surface area (Å²) in [6.45, 7) is 0.470. The first kappa shape index (κ1) is 18.5. The summed E-state index contributed by atoms with van der Waals surface area (Å²) in [5, 5.41) is 0. The summed E-state index contributed by atoms with van der Waals surface area (Å²) in [6, 6.07) is 5.40.